The molecule has 0 bridgehead atoms. The van der Waals surface area contributed by atoms with E-state index in [0.717, 1.165) is 29.5 Å². The predicted octanol–water partition coefficient (Wildman–Crippen LogP) is 3.57. The van der Waals surface area contributed by atoms with Gasteiger partial charge >= 0.3 is 0 Å². The van der Waals surface area contributed by atoms with E-state index in [1.54, 1.807) is 11.8 Å². The Morgan fingerprint density at radius 1 is 1.42 bits per heavy atom. The van der Waals surface area contributed by atoms with E-state index >= 15 is 0 Å². The molecule has 1 saturated heterocycles. The van der Waals surface area contributed by atoms with Gasteiger partial charge in [-0.1, -0.05) is 25.6 Å². The minimum atomic E-state index is -0.430. The van der Waals surface area contributed by atoms with Gasteiger partial charge in [-0.05, 0) is 30.5 Å². The van der Waals surface area contributed by atoms with Crippen LogP contribution in [0.15, 0.2) is 23.2 Å². The van der Waals surface area contributed by atoms with Crippen LogP contribution in [0.2, 0.25) is 0 Å². The van der Waals surface area contributed by atoms with E-state index < -0.39 is 11.6 Å². The Balaban J connectivity index is 2.03. The highest BCUT2D eigenvalue weighted by atomic mass is 32.2. The number of halogens is 2. The fourth-order valence-electron chi connectivity index (χ4n) is 1.97. The van der Waals surface area contributed by atoms with E-state index in [9.17, 15) is 8.78 Å². The number of benzene rings is 1. The fourth-order valence-corrected chi connectivity index (χ4v) is 2.92. The van der Waals surface area contributed by atoms with Gasteiger partial charge in [-0.15, -0.1) is 0 Å². The van der Waals surface area contributed by atoms with Crippen LogP contribution in [0.4, 0.5) is 8.78 Å². The molecule has 104 valence electrons. The zero-order valence-corrected chi connectivity index (χ0v) is 11.9. The molecule has 0 aromatic heterocycles. The van der Waals surface area contributed by atoms with Crippen molar-refractivity contribution in [2.75, 3.05) is 5.75 Å². The van der Waals surface area contributed by atoms with E-state index in [-0.39, 0.29) is 6.54 Å². The molecule has 0 spiro atoms. The normalized spacial score (nSPS) is 21.7. The van der Waals surface area contributed by atoms with E-state index in [0.29, 0.717) is 17.5 Å². The standard InChI is InChI=1S/C14H18F2N2S/c1-9(2)13-5-6-19-14(18-13)17-8-10-7-11(15)3-4-12(10)16/h3-4,7,9,13H,5-6,8H2,1-2H3,(H,17,18). The summed E-state index contributed by atoms with van der Waals surface area (Å²) < 4.78 is 26.5. The second kappa shape index (κ2) is 6.37. The molecule has 1 N–H and O–H groups in total. The van der Waals surface area contributed by atoms with Crippen LogP contribution in [-0.4, -0.2) is 17.0 Å². The van der Waals surface area contributed by atoms with Gasteiger partial charge in [-0.3, -0.25) is 4.99 Å². The van der Waals surface area contributed by atoms with Gasteiger partial charge in [0.1, 0.15) is 11.6 Å². The van der Waals surface area contributed by atoms with Crippen molar-refractivity contribution in [2.45, 2.75) is 32.9 Å². The molecule has 1 aromatic carbocycles. The Labute approximate surface area is 116 Å². The Morgan fingerprint density at radius 2 is 2.21 bits per heavy atom. The summed E-state index contributed by atoms with van der Waals surface area (Å²) in [5, 5.41) is 4.18. The highest BCUT2D eigenvalue weighted by molar-refractivity contribution is 8.13. The zero-order chi connectivity index (χ0) is 13.8. The fraction of sp³-hybridized carbons (Fsp3) is 0.500. The van der Waals surface area contributed by atoms with Gasteiger partial charge in [0.05, 0.1) is 6.54 Å². The lowest BCUT2D eigenvalue weighted by molar-refractivity contribution is 0.442. The summed E-state index contributed by atoms with van der Waals surface area (Å²) in [5.41, 5.74) is 0.293. The molecule has 1 fully saturated rings. The van der Waals surface area contributed by atoms with Crippen molar-refractivity contribution in [3.63, 3.8) is 0 Å². The van der Waals surface area contributed by atoms with Crippen LogP contribution in [0.1, 0.15) is 25.8 Å². The summed E-state index contributed by atoms with van der Waals surface area (Å²) in [6, 6.07) is 3.88. The van der Waals surface area contributed by atoms with Crippen LogP contribution in [-0.2, 0) is 6.54 Å². The van der Waals surface area contributed by atoms with Gasteiger partial charge in [0.2, 0.25) is 0 Å². The van der Waals surface area contributed by atoms with Crippen molar-refractivity contribution in [2.24, 2.45) is 10.9 Å². The number of amidine groups is 1. The summed E-state index contributed by atoms with van der Waals surface area (Å²) in [6.45, 7) is 4.50. The Kier molecular flexibility index (Phi) is 4.80. The maximum atomic E-state index is 13.5. The molecule has 1 unspecified atom stereocenters. The van der Waals surface area contributed by atoms with Crippen molar-refractivity contribution in [1.82, 2.24) is 5.32 Å². The second-order valence-corrected chi connectivity index (χ2v) is 6.07. The third-order valence-corrected chi connectivity index (χ3v) is 4.14. The summed E-state index contributed by atoms with van der Waals surface area (Å²) in [4.78, 5) is 4.35. The van der Waals surface area contributed by atoms with Crippen molar-refractivity contribution >= 4 is 16.9 Å². The molecule has 0 radical (unpaired) electrons. The van der Waals surface area contributed by atoms with Crippen LogP contribution in [0.3, 0.4) is 0 Å². The highest BCUT2D eigenvalue weighted by Crippen LogP contribution is 2.19. The first-order valence-electron chi connectivity index (χ1n) is 6.44. The number of nitrogens with zero attached hydrogens (tertiary/aromatic N) is 1. The van der Waals surface area contributed by atoms with E-state index in [2.05, 4.69) is 24.2 Å². The van der Waals surface area contributed by atoms with Gasteiger partial charge in [0.25, 0.3) is 0 Å². The van der Waals surface area contributed by atoms with Gasteiger partial charge < -0.3 is 5.32 Å². The first kappa shape index (κ1) is 14.3. The average Bonchev–Trinajstić information content (AvgIpc) is 2.40. The van der Waals surface area contributed by atoms with Crippen LogP contribution < -0.4 is 5.32 Å². The van der Waals surface area contributed by atoms with E-state index in [1.165, 1.54) is 6.07 Å². The lowest BCUT2D eigenvalue weighted by Gasteiger charge is -2.28. The minimum absolute atomic E-state index is 0.170. The summed E-state index contributed by atoms with van der Waals surface area (Å²) >= 11 is 1.64. The van der Waals surface area contributed by atoms with Crippen molar-refractivity contribution in [1.29, 1.82) is 0 Å². The molecule has 2 nitrogen and oxygen atoms in total. The molecule has 0 amide bonds. The Bertz CT molecular complexity index is 475. The molecule has 5 heteroatoms. The molecule has 1 aliphatic rings. The van der Waals surface area contributed by atoms with Crippen molar-refractivity contribution < 1.29 is 8.78 Å². The van der Waals surface area contributed by atoms with Crippen LogP contribution in [0, 0.1) is 17.6 Å². The smallest absolute Gasteiger partial charge is 0.157 e. The summed E-state index contributed by atoms with van der Waals surface area (Å²) in [5.74, 6) is 0.713. The summed E-state index contributed by atoms with van der Waals surface area (Å²) in [6.07, 6.45) is 1.11. The number of rotatable bonds is 3. The molecule has 1 aromatic rings. The van der Waals surface area contributed by atoms with Crippen molar-refractivity contribution in [3.8, 4) is 0 Å². The molecule has 0 saturated carbocycles. The topological polar surface area (TPSA) is 24.4 Å². The third-order valence-electron chi connectivity index (χ3n) is 3.18. The van der Waals surface area contributed by atoms with Gasteiger partial charge in [-0.25, -0.2) is 8.78 Å². The molecule has 2 rings (SSSR count). The minimum Gasteiger partial charge on any atom is -0.362 e. The molecular weight excluding hydrogens is 266 g/mol. The van der Waals surface area contributed by atoms with Gasteiger partial charge in [-0.2, -0.15) is 0 Å². The monoisotopic (exact) mass is 284 g/mol. The molecule has 1 heterocycles. The third kappa shape index (κ3) is 3.93. The number of hydrogen-bond donors (Lipinski definition) is 1. The van der Waals surface area contributed by atoms with Gasteiger partial charge in [0.15, 0.2) is 5.17 Å². The van der Waals surface area contributed by atoms with Crippen molar-refractivity contribution in [3.05, 3.63) is 35.4 Å². The largest absolute Gasteiger partial charge is 0.362 e. The Hall–Kier alpha value is -1.10. The van der Waals surface area contributed by atoms with Crippen LogP contribution >= 0.6 is 11.8 Å². The van der Waals surface area contributed by atoms with E-state index in [4.69, 9.17) is 0 Å². The average molecular weight is 284 g/mol. The number of nitrogens with one attached hydrogen (secondary N) is 1. The maximum absolute atomic E-state index is 13.5. The lowest BCUT2D eigenvalue weighted by atomic mass is 10.0. The number of hydrogen-bond acceptors (Lipinski definition) is 2. The number of thioether (sulfide) groups is 1. The maximum Gasteiger partial charge on any atom is 0.157 e. The molecule has 1 aliphatic heterocycles. The predicted molar refractivity (Wildman–Crippen MR) is 76.3 cm³/mol. The van der Waals surface area contributed by atoms with Gasteiger partial charge in [0, 0.05) is 17.4 Å². The zero-order valence-electron chi connectivity index (χ0n) is 11.1. The molecule has 0 aliphatic carbocycles. The molecule has 1 atom stereocenters. The second-order valence-electron chi connectivity index (χ2n) is 4.99. The first-order chi connectivity index (χ1) is 9.06. The lowest BCUT2D eigenvalue weighted by Crippen LogP contribution is -2.41. The van der Waals surface area contributed by atoms with Crippen LogP contribution in [0.25, 0.3) is 0 Å². The van der Waals surface area contributed by atoms with E-state index in [1.807, 2.05) is 0 Å². The molecule has 19 heavy (non-hydrogen) atoms. The van der Waals surface area contributed by atoms with Crippen LogP contribution in [0.5, 0.6) is 0 Å². The first-order valence-corrected chi connectivity index (χ1v) is 7.42. The number of aliphatic imine (C=N–C) groups is 1. The summed E-state index contributed by atoms with van der Waals surface area (Å²) in [7, 11) is 0. The Morgan fingerprint density at radius 3 is 2.95 bits per heavy atom. The molecular formula is C14H18F2N2S. The SMILES string of the molecule is CC(C)C1CCSC(=NCc2cc(F)ccc2F)N1. The highest BCUT2D eigenvalue weighted by Gasteiger charge is 2.20. The quantitative estimate of drug-likeness (QED) is 0.917.